The first kappa shape index (κ1) is 15.9. The van der Waals surface area contributed by atoms with Gasteiger partial charge in [0.25, 0.3) is 0 Å². The van der Waals surface area contributed by atoms with E-state index in [2.05, 4.69) is 0 Å². The third kappa shape index (κ3) is 3.04. The van der Waals surface area contributed by atoms with Gasteiger partial charge in [-0.1, -0.05) is 23.2 Å². The van der Waals surface area contributed by atoms with E-state index in [4.69, 9.17) is 28.9 Å². The predicted molar refractivity (Wildman–Crippen MR) is 79.4 cm³/mol. The Balaban J connectivity index is 2.40. The Hall–Kier alpha value is -0.530. The first-order chi connectivity index (χ1) is 9.36. The van der Waals surface area contributed by atoms with Crippen molar-refractivity contribution < 1.29 is 13.5 Å². The summed E-state index contributed by atoms with van der Waals surface area (Å²) in [5.41, 5.74) is 5.79. The number of aliphatic hydroxyl groups excluding tert-OH is 1. The number of halogens is 2. The minimum Gasteiger partial charge on any atom is -0.398 e. The summed E-state index contributed by atoms with van der Waals surface area (Å²) < 4.78 is 26.6. The largest absolute Gasteiger partial charge is 0.398 e. The molecule has 0 spiro atoms. The highest BCUT2D eigenvalue weighted by Crippen LogP contribution is 2.34. The lowest BCUT2D eigenvalue weighted by Gasteiger charge is -2.31. The van der Waals surface area contributed by atoms with Crippen LogP contribution >= 0.6 is 23.2 Å². The maximum absolute atomic E-state index is 12.6. The number of rotatable bonds is 3. The van der Waals surface area contributed by atoms with Crippen LogP contribution in [0.5, 0.6) is 0 Å². The lowest BCUT2D eigenvalue weighted by Crippen LogP contribution is -2.41. The number of anilines is 1. The molecule has 2 rings (SSSR count). The molecule has 1 aromatic rings. The Bertz CT molecular complexity index is 584. The van der Waals surface area contributed by atoms with Gasteiger partial charge in [-0.25, -0.2) is 8.42 Å². The Morgan fingerprint density at radius 1 is 1.40 bits per heavy atom. The highest BCUT2D eigenvalue weighted by atomic mass is 35.5. The first-order valence-corrected chi connectivity index (χ1v) is 8.41. The molecule has 1 fully saturated rings. The summed E-state index contributed by atoms with van der Waals surface area (Å²) in [5, 5.41) is 9.51. The Kier molecular flexibility index (Phi) is 4.81. The number of hydrogen-bond donors (Lipinski definition) is 2. The van der Waals surface area contributed by atoms with E-state index in [-0.39, 0.29) is 34.7 Å². The van der Waals surface area contributed by atoms with E-state index in [9.17, 15) is 13.5 Å². The summed E-state index contributed by atoms with van der Waals surface area (Å²) in [6.45, 7) is 0.643. The van der Waals surface area contributed by atoms with Gasteiger partial charge in [-0.05, 0) is 30.9 Å². The molecule has 1 heterocycles. The molecular weight excluding hydrogens is 323 g/mol. The Morgan fingerprint density at radius 3 is 2.70 bits per heavy atom. The van der Waals surface area contributed by atoms with E-state index in [1.165, 1.54) is 16.4 Å². The van der Waals surface area contributed by atoms with E-state index >= 15 is 0 Å². The topological polar surface area (TPSA) is 83.6 Å². The van der Waals surface area contributed by atoms with Crippen molar-refractivity contribution in [2.24, 2.45) is 5.92 Å². The maximum atomic E-state index is 12.6. The monoisotopic (exact) mass is 338 g/mol. The molecular formula is C12H16Cl2N2O3S. The van der Waals surface area contributed by atoms with Crippen molar-refractivity contribution in [1.82, 2.24) is 4.31 Å². The number of hydrogen-bond acceptors (Lipinski definition) is 4. The van der Waals surface area contributed by atoms with Crippen LogP contribution in [0.2, 0.25) is 10.0 Å². The summed E-state index contributed by atoms with van der Waals surface area (Å²) in [4.78, 5) is -0.109. The fourth-order valence-electron chi connectivity index (χ4n) is 2.38. The summed E-state index contributed by atoms with van der Waals surface area (Å²) in [5.74, 6) is -0.0502. The second-order valence-corrected chi connectivity index (χ2v) is 7.58. The summed E-state index contributed by atoms with van der Waals surface area (Å²) >= 11 is 11.8. The zero-order chi connectivity index (χ0) is 14.9. The fraction of sp³-hybridized carbons (Fsp3) is 0.500. The number of nitrogens with zero attached hydrogens (tertiary/aromatic N) is 1. The zero-order valence-electron chi connectivity index (χ0n) is 10.7. The third-order valence-electron chi connectivity index (χ3n) is 3.37. The van der Waals surface area contributed by atoms with Gasteiger partial charge in [-0.15, -0.1) is 0 Å². The second-order valence-electron chi connectivity index (χ2n) is 4.86. The SMILES string of the molecule is Nc1cc(Cl)cc(Cl)c1S(=O)(=O)N1CCCC(CO)C1. The molecule has 5 nitrogen and oxygen atoms in total. The molecule has 0 aliphatic carbocycles. The van der Waals surface area contributed by atoms with E-state index in [0.717, 1.165) is 6.42 Å². The van der Waals surface area contributed by atoms with Crippen LogP contribution in [0, 0.1) is 5.92 Å². The van der Waals surface area contributed by atoms with Gasteiger partial charge in [0.05, 0.1) is 10.7 Å². The quantitative estimate of drug-likeness (QED) is 0.825. The van der Waals surface area contributed by atoms with E-state index < -0.39 is 10.0 Å². The highest BCUT2D eigenvalue weighted by molar-refractivity contribution is 7.89. The van der Waals surface area contributed by atoms with Gasteiger partial charge in [0.2, 0.25) is 10.0 Å². The van der Waals surface area contributed by atoms with Gasteiger partial charge in [0.1, 0.15) is 4.90 Å². The van der Waals surface area contributed by atoms with Gasteiger partial charge in [0.15, 0.2) is 0 Å². The van der Waals surface area contributed by atoms with Gasteiger partial charge in [0, 0.05) is 24.7 Å². The fourth-order valence-corrected chi connectivity index (χ4v) is 4.87. The minimum atomic E-state index is -3.78. The molecule has 1 aliphatic rings. The average molecular weight is 339 g/mol. The van der Waals surface area contributed by atoms with Gasteiger partial charge in [-0.3, -0.25) is 0 Å². The highest BCUT2D eigenvalue weighted by Gasteiger charge is 2.33. The van der Waals surface area contributed by atoms with Crippen molar-refractivity contribution in [3.8, 4) is 0 Å². The van der Waals surface area contributed by atoms with E-state index in [1.807, 2.05) is 0 Å². The summed E-state index contributed by atoms with van der Waals surface area (Å²) in [6.07, 6.45) is 1.52. The minimum absolute atomic E-state index is 0.0149. The zero-order valence-corrected chi connectivity index (χ0v) is 13.0. The van der Waals surface area contributed by atoms with Crippen LogP contribution in [0.15, 0.2) is 17.0 Å². The second kappa shape index (κ2) is 6.07. The molecule has 0 radical (unpaired) electrons. The standard InChI is InChI=1S/C12H16Cl2N2O3S/c13-9-4-10(14)12(11(15)5-9)20(18,19)16-3-1-2-8(6-16)7-17/h4-5,8,17H,1-3,6-7,15H2. The number of aliphatic hydroxyl groups is 1. The first-order valence-electron chi connectivity index (χ1n) is 6.21. The van der Waals surface area contributed by atoms with Crippen LogP contribution in [-0.4, -0.2) is 37.5 Å². The molecule has 1 aliphatic heterocycles. The van der Waals surface area contributed by atoms with E-state index in [0.29, 0.717) is 18.0 Å². The lowest BCUT2D eigenvalue weighted by molar-refractivity contribution is 0.165. The molecule has 0 saturated carbocycles. The molecule has 20 heavy (non-hydrogen) atoms. The van der Waals surface area contributed by atoms with Gasteiger partial charge < -0.3 is 10.8 Å². The summed E-state index contributed by atoms with van der Waals surface area (Å²) in [6, 6.07) is 2.73. The molecule has 112 valence electrons. The molecule has 0 aromatic heterocycles. The number of nitrogens with two attached hydrogens (primary N) is 1. The van der Waals surface area contributed by atoms with Crippen LogP contribution < -0.4 is 5.73 Å². The van der Waals surface area contributed by atoms with Crippen molar-refractivity contribution in [3.63, 3.8) is 0 Å². The van der Waals surface area contributed by atoms with Gasteiger partial charge in [-0.2, -0.15) is 4.31 Å². The lowest BCUT2D eigenvalue weighted by atomic mass is 10.0. The van der Waals surface area contributed by atoms with Crippen LogP contribution in [0.1, 0.15) is 12.8 Å². The van der Waals surface area contributed by atoms with Crippen molar-refractivity contribution in [2.45, 2.75) is 17.7 Å². The van der Waals surface area contributed by atoms with Crippen LogP contribution in [0.25, 0.3) is 0 Å². The number of nitrogen functional groups attached to an aromatic ring is 1. The number of benzene rings is 1. The normalized spacial score (nSPS) is 21.1. The van der Waals surface area contributed by atoms with Gasteiger partial charge >= 0.3 is 0 Å². The molecule has 1 saturated heterocycles. The molecule has 0 bridgehead atoms. The molecule has 1 aromatic carbocycles. The van der Waals surface area contributed by atoms with Crippen LogP contribution in [-0.2, 0) is 10.0 Å². The predicted octanol–water partition coefficient (Wildman–Crippen LogP) is 1.97. The van der Waals surface area contributed by atoms with Crippen LogP contribution in [0.4, 0.5) is 5.69 Å². The number of piperidine rings is 1. The van der Waals surface area contributed by atoms with Crippen molar-refractivity contribution in [2.75, 3.05) is 25.4 Å². The average Bonchev–Trinajstić information content (AvgIpc) is 2.37. The molecule has 8 heteroatoms. The van der Waals surface area contributed by atoms with Crippen molar-refractivity contribution in [3.05, 3.63) is 22.2 Å². The van der Waals surface area contributed by atoms with E-state index in [1.54, 1.807) is 0 Å². The molecule has 1 unspecified atom stereocenters. The molecule has 1 atom stereocenters. The number of sulfonamides is 1. The summed E-state index contributed by atoms with van der Waals surface area (Å²) in [7, 11) is -3.78. The Morgan fingerprint density at radius 2 is 2.10 bits per heavy atom. The molecule has 0 amide bonds. The van der Waals surface area contributed by atoms with Crippen molar-refractivity contribution in [1.29, 1.82) is 0 Å². The smallest absolute Gasteiger partial charge is 0.246 e. The van der Waals surface area contributed by atoms with Crippen molar-refractivity contribution >= 4 is 38.9 Å². The maximum Gasteiger partial charge on any atom is 0.246 e. The van der Waals surface area contributed by atoms with Crippen LogP contribution in [0.3, 0.4) is 0 Å². The molecule has 3 N–H and O–H groups in total. The Labute approximate surface area is 128 Å². The third-order valence-corrected chi connectivity index (χ3v) is 5.99.